The zero-order valence-electron chi connectivity index (χ0n) is 13.6. The molecular formula is C24H15N. The first-order valence-corrected chi connectivity index (χ1v) is 8.64. The van der Waals surface area contributed by atoms with Crippen LogP contribution in [0, 0.1) is 0 Å². The number of hydrogen-bond acceptors (Lipinski definition) is 0. The van der Waals surface area contributed by atoms with Crippen molar-refractivity contribution in [2.75, 3.05) is 0 Å². The molecule has 0 aliphatic heterocycles. The fourth-order valence-electron chi connectivity index (χ4n) is 4.26. The Balaban J connectivity index is 1.85. The molecule has 1 nitrogen and oxygen atoms in total. The summed E-state index contributed by atoms with van der Waals surface area (Å²) in [7, 11) is 0. The Morgan fingerprint density at radius 2 is 1.12 bits per heavy atom. The molecule has 0 saturated carbocycles. The lowest BCUT2D eigenvalue weighted by Gasteiger charge is -2.11. The van der Waals surface area contributed by atoms with Gasteiger partial charge in [0.2, 0.25) is 0 Å². The minimum Gasteiger partial charge on any atom is -0.354 e. The van der Waals surface area contributed by atoms with Gasteiger partial charge in [-0.25, -0.2) is 0 Å². The van der Waals surface area contributed by atoms with E-state index >= 15 is 0 Å². The normalized spacial score (nSPS) is 12.0. The summed E-state index contributed by atoms with van der Waals surface area (Å²) in [5.74, 6) is 0. The summed E-state index contributed by atoms with van der Waals surface area (Å²) in [5, 5.41) is 8.02. The van der Waals surface area contributed by atoms with Crippen LogP contribution in [0.3, 0.4) is 0 Å². The van der Waals surface area contributed by atoms with Gasteiger partial charge >= 0.3 is 0 Å². The van der Waals surface area contributed by atoms with E-state index < -0.39 is 0 Å². The van der Waals surface area contributed by atoms with E-state index in [0.29, 0.717) is 0 Å². The molecule has 0 unspecified atom stereocenters. The Bertz CT molecular complexity index is 1370. The first-order valence-electron chi connectivity index (χ1n) is 8.64. The van der Waals surface area contributed by atoms with Crippen molar-refractivity contribution >= 4 is 43.4 Å². The van der Waals surface area contributed by atoms with Crippen LogP contribution in [0.4, 0.5) is 0 Å². The molecule has 0 aliphatic carbocycles. The molecule has 0 bridgehead atoms. The first-order chi connectivity index (χ1) is 12.4. The topological polar surface area (TPSA) is 15.8 Å². The minimum atomic E-state index is 1.22. The molecule has 5 aromatic carbocycles. The smallest absolute Gasteiger partial charge is 0.0471 e. The molecule has 25 heavy (non-hydrogen) atoms. The molecule has 6 rings (SSSR count). The van der Waals surface area contributed by atoms with Crippen LogP contribution in [0.15, 0.2) is 84.9 Å². The first kappa shape index (κ1) is 13.0. The molecule has 0 saturated heterocycles. The summed E-state index contributed by atoms with van der Waals surface area (Å²) in [6.45, 7) is 0. The van der Waals surface area contributed by atoms with Gasteiger partial charge in [-0.15, -0.1) is 0 Å². The summed E-state index contributed by atoms with van der Waals surface area (Å²) < 4.78 is 0. The second kappa shape index (κ2) is 4.61. The molecule has 0 radical (unpaired) electrons. The van der Waals surface area contributed by atoms with Gasteiger partial charge < -0.3 is 4.98 Å². The molecule has 1 heterocycles. The summed E-state index contributed by atoms with van der Waals surface area (Å²) in [6.07, 6.45) is 0. The quantitative estimate of drug-likeness (QED) is 0.323. The van der Waals surface area contributed by atoms with Gasteiger partial charge in [0.25, 0.3) is 0 Å². The summed E-state index contributed by atoms with van der Waals surface area (Å²) >= 11 is 0. The highest BCUT2D eigenvalue weighted by atomic mass is 14.7. The molecule has 0 aliphatic rings. The third kappa shape index (κ3) is 1.67. The van der Waals surface area contributed by atoms with Gasteiger partial charge in [-0.3, -0.25) is 0 Å². The highest BCUT2D eigenvalue weighted by Crippen LogP contribution is 2.41. The number of H-pyrrole nitrogens is 1. The van der Waals surface area contributed by atoms with Crippen molar-refractivity contribution in [3.63, 3.8) is 0 Å². The van der Waals surface area contributed by atoms with Crippen LogP contribution in [0.5, 0.6) is 0 Å². The van der Waals surface area contributed by atoms with E-state index in [0.717, 1.165) is 0 Å². The second-order valence-corrected chi connectivity index (χ2v) is 6.71. The van der Waals surface area contributed by atoms with Crippen LogP contribution in [0.2, 0.25) is 0 Å². The molecule has 1 heteroatoms. The Hall–Kier alpha value is -3.32. The molecule has 1 aromatic heterocycles. The largest absolute Gasteiger partial charge is 0.354 e. The van der Waals surface area contributed by atoms with Gasteiger partial charge in [0.05, 0.1) is 0 Å². The fourth-order valence-corrected chi connectivity index (χ4v) is 4.26. The van der Waals surface area contributed by atoms with E-state index in [2.05, 4.69) is 89.9 Å². The van der Waals surface area contributed by atoms with Crippen LogP contribution in [-0.2, 0) is 0 Å². The Labute approximate surface area is 144 Å². The number of nitrogens with one attached hydrogen (secondary N) is 1. The van der Waals surface area contributed by atoms with E-state index in [1.54, 1.807) is 0 Å². The second-order valence-electron chi connectivity index (χ2n) is 6.71. The maximum absolute atomic E-state index is 3.58. The lowest BCUT2D eigenvalue weighted by Crippen LogP contribution is -1.84. The zero-order chi connectivity index (χ0) is 16.4. The van der Waals surface area contributed by atoms with Crippen LogP contribution in [-0.4, -0.2) is 4.98 Å². The highest BCUT2D eigenvalue weighted by molar-refractivity contribution is 6.33. The van der Waals surface area contributed by atoms with Gasteiger partial charge in [0.15, 0.2) is 0 Å². The number of aromatic amines is 1. The third-order valence-electron chi connectivity index (χ3n) is 5.36. The lowest BCUT2D eigenvalue weighted by molar-refractivity contribution is 1.55. The van der Waals surface area contributed by atoms with Crippen molar-refractivity contribution in [2.24, 2.45) is 0 Å². The number of aromatic nitrogens is 1. The van der Waals surface area contributed by atoms with Crippen molar-refractivity contribution in [1.82, 2.24) is 4.98 Å². The van der Waals surface area contributed by atoms with Crippen LogP contribution in [0.25, 0.3) is 54.5 Å². The van der Waals surface area contributed by atoms with E-state index in [4.69, 9.17) is 0 Å². The Morgan fingerprint density at radius 1 is 0.440 bits per heavy atom. The average molecular weight is 317 g/mol. The van der Waals surface area contributed by atoms with E-state index in [1.165, 1.54) is 54.5 Å². The molecule has 0 atom stereocenters. The van der Waals surface area contributed by atoms with Crippen molar-refractivity contribution in [3.8, 4) is 11.1 Å². The summed E-state index contributed by atoms with van der Waals surface area (Å²) in [6, 6.07) is 30.6. The lowest BCUT2D eigenvalue weighted by atomic mass is 9.92. The number of fused-ring (bicyclic) bond motifs is 3. The predicted molar refractivity (Wildman–Crippen MR) is 107 cm³/mol. The fraction of sp³-hybridized carbons (Fsp3) is 0. The zero-order valence-corrected chi connectivity index (χ0v) is 13.6. The van der Waals surface area contributed by atoms with Gasteiger partial charge in [-0.2, -0.15) is 0 Å². The molecule has 1 N–H and O–H groups in total. The van der Waals surface area contributed by atoms with Gasteiger partial charge in [0.1, 0.15) is 0 Å². The number of benzene rings is 5. The van der Waals surface area contributed by atoms with Crippen LogP contribution < -0.4 is 0 Å². The molecule has 0 spiro atoms. The monoisotopic (exact) mass is 317 g/mol. The summed E-state index contributed by atoms with van der Waals surface area (Å²) in [5.41, 5.74) is 4.96. The SMILES string of the molecule is c1ccc(-c2ccc3c(c2)c2cccc4[nH]c5cccc3c5c42)cc1. The molecule has 116 valence electrons. The van der Waals surface area contributed by atoms with Crippen molar-refractivity contribution in [3.05, 3.63) is 84.9 Å². The molecule has 0 fully saturated rings. The maximum Gasteiger partial charge on any atom is 0.0471 e. The molecular weight excluding hydrogens is 302 g/mol. The van der Waals surface area contributed by atoms with Gasteiger partial charge in [-0.05, 0) is 50.9 Å². The standard InChI is InChI=1S/C24H15N/c1-2-6-15(7-3-1)16-12-13-17-18-8-4-10-21-23(18)24-19(20(17)14-16)9-5-11-22(24)25-21/h1-14,25H. The van der Waals surface area contributed by atoms with E-state index in [-0.39, 0.29) is 0 Å². The van der Waals surface area contributed by atoms with E-state index in [1.807, 2.05) is 0 Å². The van der Waals surface area contributed by atoms with Crippen molar-refractivity contribution in [1.29, 1.82) is 0 Å². The maximum atomic E-state index is 3.58. The Kier molecular flexibility index (Phi) is 2.40. The van der Waals surface area contributed by atoms with Crippen molar-refractivity contribution in [2.45, 2.75) is 0 Å². The third-order valence-corrected chi connectivity index (χ3v) is 5.36. The Morgan fingerprint density at radius 3 is 1.84 bits per heavy atom. The molecule has 6 aromatic rings. The van der Waals surface area contributed by atoms with Gasteiger partial charge in [-0.1, -0.05) is 66.7 Å². The van der Waals surface area contributed by atoms with E-state index in [9.17, 15) is 0 Å². The predicted octanol–water partition coefficient (Wildman–Crippen LogP) is 6.73. The highest BCUT2D eigenvalue weighted by Gasteiger charge is 2.15. The summed E-state index contributed by atoms with van der Waals surface area (Å²) in [4.78, 5) is 3.58. The number of rotatable bonds is 1. The van der Waals surface area contributed by atoms with Crippen LogP contribution >= 0.6 is 0 Å². The molecule has 0 amide bonds. The average Bonchev–Trinajstić information content (AvgIpc) is 3.07. The van der Waals surface area contributed by atoms with Crippen LogP contribution in [0.1, 0.15) is 0 Å². The van der Waals surface area contributed by atoms with Gasteiger partial charge in [0, 0.05) is 21.8 Å². The van der Waals surface area contributed by atoms with Crippen molar-refractivity contribution < 1.29 is 0 Å². The number of hydrogen-bond donors (Lipinski definition) is 1. The minimum absolute atomic E-state index is 1.22.